The Morgan fingerprint density at radius 1 is 0.960 bits per heavy atom. The Bertz CT molecular complexity index is 771. The van der Waals surface area contributed by atoms with Gasteiger partial charge in [0.15, 0.2) is 0 Å². The fourth-order valence-corrected chi connectivity index (χ4v) is 2.74. The second kappa shape index (κ2) is 7.25. The predicted molar refractivity (Wildman–Crippen MR) is 87.6 cm³/mol. The standard InChI is InChI=1S/C19H16FNO4/c20-11-14(10-17(22)25-12-13-6-2-1-3-7-13)21-18(23)15-8-4-5-9-16(15)19(21)24/h1-9,14H,10-12H2. The lowest BCUT2D eigenvalue weighted by molar-refractivity contribution is -0.146. The van der Waals surface area contributed by atoms with E-state index < -0.39 is 30.5 Å². The average molecular weight is 341 g/mol. The lowest BCUT2D eigenvalue weighted by Crippen LogP contribution is -2.42. The number of alkyl halides is 1. The number of hydrogen-bond donors (Lipinski definition) is 0. The first kappa shape index (κ1) is 16.8. The normalized spacial score (nSPS) is 14.4. The van der Waals surface area contributed by atoms with Crippen LogP contribution in [0.25, 0.3) is 0 Å². The molecule has 0 N–H and O–H groups in total. The second-order valence-corrected chi connectivity index (χ2v) is 5.68. The van der Waals surface area contributed by atoms with Gasteiger partial charge in [-0.05, 0) is 17.7 Å². The maximum absolute atomic E-state index is 13.4. The molecule has 0 saturated heterocycles. The van der Waals surface area contributed by atoms with Gasteiger partial charge in [-0.1, -0.05) is 42.5 Å². The quantitative estimate of drug-likeness (QED) is 0.599. The molecule has 2 aromatic rings. The van der Waals surface area contributed by atoms with Crippen molar-refractivity contribution in [2.24, 2.45) is 0 Å². The van der Waals surface area contributed by atoms with Gasteiger partial charge in [0.2, 0.25) is 0 Å². The van der Waals surface area contributed by atoms with E-state index >= 15 is 0 Å². The summed E-state index contributed by atoms with van der Waals surface area (Å²) in [7, 11) is 0. The highest BCUT2D eigenvalue weighted by atomic mass is 19.1. The van der Waals surface area contributed by atoms with Crippen molar-refractivity contribution in [1.29, 1.82) is 0 Å². The van der Waals surface area contributed by atoms with Crippen molar-refractivity contribution in [2.75, 3.05) is 6.67 Å². The molecule has 0 spiro atoms. The molecule has 6 heteroatoms. The topological polar surface area (TPSA) is 63.7 Å². The zero-order valence-electron chi connectivity index (χ0n) is 13.4. The van der Waals surface area contributed by atoms with Crippen LogP contribution < -0.4 is 0 Å². The molecule has 1 atom stereocenters. The summed E-state index contributed by atoms with van der Waals surface area (Å²) in [4.78, 5) is 37.5. The van der Waals surface area contributed by atoms with Crippen LogP contribution in [0.2, 0.25) is 0 Å². The van der Waals surface area contributed by atoms with Gasteiger partial charge in [0.25, 0.3) is 11.8 Å². The van der Waals surface area contributed by atoms with E-state index in [9.17, 15) is 18.8 Å². The molecule has 1 aliphatic heterocycles. The minimum Gasteiger partial charge on any atom is -0.461 e. The van der Waals surface area contributed by atoms with Gasteiger partial charge < -0.3 is 4.74 Å². The Balaban J connectivity index is 1.66. The Kier molecular flexibility index (Phi) is 4.88. The highest BCUT2D eigenvalue weighted by Gasteiger charge is 2.40. The van der Waals surface area contributed by atoms with Gasteiger partial charge in [-0.2, -0.15) is 0 Å². The first-order chi connectivity index (χ1) is 12.1. The maximum Gasteiger partial charge on any atom is 0.308 e. The molecule has 0 radical (unpaired) electrons. The van der Waals surface area contributed by atoms with Crippen LogP contribution in [0.5, 0.6) is 0 Å². The number of ether oxygens (including phenoxy) is 1. The predicted octanol–water partition coefficient (Wildman–Crippen LogP) is 2.75. The summed E-state index contributed by atoms with van der Waals surface area (Å²) >= 11 is 0. The van der Waals surface area contributed by atoms with Crippen molar-refractivity contribution in [3.05, 3.63) is 71.3 Å². The van der Waals surface area contributed by atoms with Crippen molar-refractivity contribution < 1.29 is 23.5 Å². The van der Waals surface area contributed by atoms with E-state index in [4.69, 9.17) is 4.74 Å². The van der Waals surface area contributed by atoms with Crippen LogP contribution in [0.3, 0.4) is 0 Å². The molecule has 1 heterocycles. The molecule has 1 aliphatic rings. The number of halogens is 1. The molecule has 0 aromatic heterocycles. The number of carbonyl (C=O) groups excluding carboxylic acids is 3. The summed E-state index contributed by atoms with van der Waals surface area (Å²) in [6.07, 6.45) is -0.380. The first-order valence-electron chi connectivity index (χ1n) is 7.84. The largest absolute Gasteiger partial charge is 0.461 e. The molecule has 5 nitrogen and oxygen atoms in total. The maximum atomic E-state index is 13.4. The van der Waals surface area contributed by atoms with Crippen LogP contribution in [0.4, 0.5) is 4.39 Å². The zero-order chi connectivity index (χ0) is 17.8. The van der Waals surface area contributed by atoms with Crippen molar-refractivity contribution >= 4 is 17.8 Å². The van der Waals surface area contributed by atoms with E-state index in [1.807, 2.05) is 18.2 Å². The minimum absolute atomic E-state index is 0.0563. The van der Waals surface area contributed by atoms with E-state index in [1.54, 1.807) is 24.3 Å². The molecular weight excluding hydrogens is 325 g/mol. The number of fused-ring (bicyclic) bond motifs is 1. The van der Waals surface area contributed by atoms with Crippen molar-refractivity contribution in [3.63, 3.8) is 0 Å². The summed E-state index contributed by atoms with van der Waals surface area (Å²) in [5.41, 5.74) is 1.25. The van der Waals surface area contributed by atoms with Gasteiger partial charge in [-0.3, -0.25) is 19.3 Å². The fraction of sp³-hybridized carbons (Fsp3) is 0.211. The minimum atomic E-state index is -1.17. The number of amides is 2. The SMILES string of the molecule is O=C(CC(CF)N1C(=O)c2ccccc2C1=O)OCc1ccccc1. The van der Waals surface area contributed by atoms with Crippen molar-refractivity contribution in [2.45, 2.75) is 19.1 Å². The van der Waals surface area contributed by atoms with Gasteiger partial charge in [0.05, 0.1) is 23.6 Å². The Morgan fingerprint density at radius 2 is 1.52 bits per heavy atom. The van der Waals surface area contributed by atoms with Crippen LogP contribution in [-0.2, 0) is 16.1 Å². The Morgan fingerprint density at radius 3 is 2.08 bits per heavy atom. The van der Waals surface area contributed by atoms with E-state index in [0.717, 1.165) is 10.5 Å². The lowest BCUT2D eigenvalue weighted by atomic mass is 10.1. The molecule has 0 bridgehead atoms. The molecular formula is C19H16FNO4. The van der Waals surface area contributed by atoms with Crippen LogP contribution in [0, 0.1) is 0 Å². The van der Waals surface area contributed by atoms with Gasteiger partial charge >= 0.3 is 5.97 Å². The molecule has 2 amide bonds. The molecule has 0 saturated carbocycles. The third-order valence-electron chi connectivity index (χ3n) is 4.01. The smallest absolute Gasteiger partial charge is 0.308 e. The van der Waals surface area contributed by atoms with E-state index in [0.29, 0.717) is 0 Å². The monoisotopic (exact) mass is 341 g/mol. The van der Waals surface area contributed by atoms with E-state index in [1.165, 1.54) is 12.1 Å². The van der Waals surface area contributed by atoms with Crippen molar-refractivity contribution in [3.8, 4) is 0 Å². The summed E-state index contributed by atoms with van der Waals surface area (Å²) < 4.78 is 18.6. The van der Waals surface area contributed by atoms with Crippen molar-refractivity contribution in [1.82, 2.24) is 4.90 Å². The number of imide groups is 1. The molecule has 2 aromatic carbocycles. The van der Waals surface area contributed by atoms with E-state index in [-0.39, 0.29) is 24.2 Å². The van der Waals surface area contributed by atoms with Gasteiger partial charge in [-0.15, -0.1) is 0 Å². The van der Waals surface area contributed by atoms with Crippen LogP contribution >= 0.6 is 0 Å². The molecule has 25 heavy (non-hydrogen) atoms. The summed E-state index contributed by atoms with van der Waals surface area (Å²) in [6, 6.07) is 14.2. The zero-order valence-corrected chi connectivity index (χ0v) is 13.4. The highest BCUT2D eigenvalue weighted by Crippen LogP contribution is 2.26. The number of esters is 1. The number of rotatable bonds is 6. The van der Waals surface area contributed by atoms with E-state index in [2.05, 4.69) is 0 Å². The van der Waals surface area contributed by atoms with Crippen LogP contribution in [0.1, 0.15) is 32.7 Å². The van der Waals surface area contributed by atoms with Gasteiger partial charge in [0.1, 0.15) is 13.3 Å². The van der Waals surface area contributed by atoms with Gasteiger partial charge in [0, 0.05) is 0 Å². The molecule has 128 valence electrons. The van der Waals surface area contributed by atoms with Gasteiger partial charge in [-0.25, -0.2) is 4.39 Å². The van der Waals surface area contributed by atoms with Crippen LogP contribution in [-0.4, -0.2) is 35.4 Å². The Hall–Kier alpha value is -3.02. The average Bonchev–Trinajstić information content (AvgIpc) is 2.90. The first-order valence-corrected chi connectivity index (χ1v) is 7.84. The fourth-order valence-electron chi connectivity index (χ4n) is 2.74. The molecule has 0 aliphatic carbocycles. The van der Waals surface area contributed by atoms with Crippen LogP contribution in [0.15, 0.2) is 54.6 Å². The summed E-state index contributed by atoms with van der Waals surface area (Å²) in [5, 5.41) is 0. The number of benzene rings is 2. The lowest BCUT2D eigenvalue weighted by Gasteiger charge is -2.22. The summed E-state index contributed by atoms with van der Waals surface area (Å²) in [6.45, 7) is -0.952. The third kappa shape index (κ3) is 3.42. The molecule has 0 fully saturated rings. The molecule has 3 rings (SSSR count). The summed E-state index contributed by atoms with van der Waals surface area (Å²) in [5.74, 6) is -1.83. The highest BCUT2D eigenvalue weighted by molar-refractivity contribution is 6.21. The third-order valence-corrected chi connectivity index (χ3v) is 4.01. The number of hydrogen-bond acceptors (Lipinski definition) is 4. The molecule has 1 unspecified atom stereocenters. The second-order valence-electron chi connectivity index (χ2n) is 5.68. The number of nitrogens with zero attached hydrogens (tertiary/aromatic N) is 1. The number of carbonyl (C=O) groups is 3. The Labute approximate surface area is 144 Å².